The number of carbonyl (C=O) groups excluding carboxylic acids is 5. The van der Waals surface area contributed by atoms with Crippen LogP contribution in [0, 0.1) is 0 Å². The van der Waals surface area contributed by atoms with Gasteiger partial charge in [-0.15, -0.1) is 0 Å². The lowest BCUT2D eigenvalue weighted by Gasteiger charge is -2.21. The number of imide groups is 1. The van der Waals surface area contributed by atoms with Crippen LogP contribution >= 0.6 is 0 Å². The second kappa shape index (κ2) is 11.3. The second-order valence-corrected chi connectivity index (χ2v) is 9.32. The molecule has 40 heavy (non-hydrogen) atoms. The van der Waals surface area contributed by atoms with Crippen LogP contribution in [0.4, 0.5) is 9.59 Å². The third-order valence-electron chi connectivity index (χ3n) is 6.83. The fraction of sp³-hybridized carbons (Fsp3) is 0.207. The number of hydroxylamine groups is 2. The zero-order chi connectivity index (χ0) is 28.2. The summed E-state index contributed by atoms with van der Waals surface area (Å²) in [6.07, 6.45) is -0.643. The fourth-order valence-electron chi connectivity index (χ4n) is 4.95. The zero-order valence-electron chi connectivity index (χ0n) is 21.3. The molecule has 4 N–H and O–H groups in total. The van der Waals surface area contributed by atoms with Gasteiger partial charge in [-0.25, -0.2) is 14.4 Å². The quantitative estimate of drug-likeness (QED) is 0.277. The van der Waals surface area contributed by atoms with Crippen molar-refractivity contribution in [2.24, 2.45) is 5.73 Å². The number of fused-ring (bicyclic) bond motifs is 4. The van der Waals surface area contributed by atoms with Crippen molar-refractivity contribution in [2.45, 2.75) is 24.8 Å². The number of amides is 5. The summed E-state index contributed by atoms with van der Waals surface area (Å²) in [7, 11) is 0. The highest BCUT2D eigenvalue weighted by Gasteiger charge is 2.40. The average Bonchev–Trinajstić information content (AvgIpc) is 3.40. The van der Waals surface area contributed by atoms with Crippen LogP contribution in [0.3, 0.4) is 0 Å². The smallest absolute Gasteiger partial charge is 0.407 e. The third-order valence-corrected chi connectivity index (χ3v) is 6.83. The number of nitrogens with two attached hydrogens (primary N) is 1. The molecule has 3 aromatic carbocycles. The molecule has 204 valence electrons. The van der Waals surface area contributed by atoms with Gasteiger partial charge in [-0.2, -0.15) is 0 Å². The molecule has 1 atom stereocenters. The van der Waals surface area contributed by atoms with Gasteiger partial charge in [0, 0.05) is 12.5 Å². The molecule has 0 radical (unpaired) electrons. The maximum atomic E-state index is 13.0. The van der Waals surface area contributed by atoms with Gasteiger partial charge in [-0.3, -0.25) is 9.59 Å². The molecule has 5 amide bonds. The summed E-state index contributed by atoms with van der Waals surface area (Å²) in [6, 6.07) is 19.8. The van der Waals surface area contributed by atoms with E-state index >= 15 is 0 Å². The molecule has 3 aromatic rings. The Hall–Kier alpha value is -5.19. The fourth-order valence-corrected chi connectivity index (χ4v) is 4.95. The van der Waals surface area contributed by atoms with Crippen LogP contribution in [0.2, 0.25) is 0 Å². The lowest BCUT2D eigenvalue weighted by molar-refractivity contribution is -0.171. The molecule has 0 saturated heterocycles. The summed E-state index contributed by atoms with van der Waals surface area (Å²) in [6.45, 7) is 0.141. The molecule has 0 bridgehead atoms. The molecule has 0 spiro atoms. The predicted molar refractivity (Wildman–Crippen MR) is 142 cm³/mol. The molecular weight excluding hydrogens is 516 g/mol. The van der Waals surface area contributed by atoms with Crippen molar-refractivity contribution in [2.75, 3.05) is 13.2 Å². The number of carbonyl (C=O) groups is 5. The number of urea groups is 1. The van der Waals surface area contributed by atoms with Crippen LogP contribution in [0.1, 0.15) is 50.6 Å². The minimum absolute atomic E-state index is 0.00643. The van der Waals surface area contributed by atoms with Crippen molar-refractivity contribution in [3.05, 3.63) is 95.1 Å². The molecule has 1 heterocycles. The SMILES string of the molecule is NC(=O)NCCC[C@H](NC(=O)OCC1c2ccccc2-c2ccccc21)C(=O)ON1C(=O)c2ccccc2C1=O. The van der Waals surface area contributed by atoms with Crippen LogP contribution in [0.5, 0.6) is 0 Å². The molecule has 11 nitrogen and oxygen atoms in total. The molecule has 2 aliphatic rings. The Balaban J connectivity index is 1.25. The monoisotopic (exact) mass is 542 g/mol. The van der Waals surface area contributed by atoms with Gasteiger partial charge in [0.05, 0.1) is 11.1 Å². The molecule has 1 aliphatic carbocycles. The van der Waals surface area contributed by atoms with E-state index in [1.165, 1.54) is 12.1 Å². The van der Waals surface area contributed by atoms with E-state index in [0.717, 1.165) is 22.3 Å². The van der Waals surface area contributed by atoms with Crippen LogP contribution in [-0.2, 0) is 14.4 Å². The first-order valence-electron chi connectivity index (χ1n) is 12.7. The summed E-state index contributed by atoms with van der Waals surface area (Å²) in [5.74, 6) is -2.81. The van der Waals surface area contributed by atoms with Crippen LogP contribution in [-0.4, -0.2) is 54.2 Å². The van der Waals surface area contributed by atoms with Gasteiger partial charge in [-0.05, 0) is 47.2 Å². The topological polar surface area (TPSA) is 157 Å². The van der Waals surface area contributed by atoms with Crippen LogP contribution in [0.25, 0.3) is 11.1 Å². The van der Waals surface area contributed by atoms with Gasteiger partial charge < -0.3 is 25.9 Å². The number of nitrogens with one attached hydrogen (secondary N) is 2. The Morgan fingerprint density at radius 1 is 0.825 bits per heavy atom. The molecule has 0 fully saturated rings. The van der Waals surface area contributed by atoms with Crippen molar-refractivity contribution in [1.82, 2.24) is 15.7 Å². The first-order chi connectivity index (χ1) is 19.3. The highest BCUT2D eigenvalue weighted by atomic mass is 16.7. The van der Waals surface area contributed by atoms with Gasteiger partial charge in [0.15, 0.2) is 0 Å². The van der Waals surface area contributed by atoms with Gasteiger partial charge >= 0.3 is 18.1 Å². The summed E-state index contributed by atoms with van der Waals surface area (Å²) in [4.78, 5) is 67.3. The molecule has 0 unspecified atom stereocenters. The maximum Gasteiger partial charge on any atom is 0.407 e. The van der Waals surface area contributed by atoms with Crippen molar-refractivity contribution >= 4 is 29.9 Å². The van der Waals surface area contributed by atoms with E-state index in [-0.39, 0.29) is 43.0 Å². The lowest BCUT2D eigenvalue weighted by Crippen LogP contribution is -2.46. The number of hydrogen-bond acceptors (Lipinski definition) is 7. The van der Waals surface area contributed by atoms with E-state index in [1.54, 1.807) is 12.1 Å². The zero-order valence-corrected chi connectivity index (χ0v) is 21.3. The largest absolute Gasteiger partial charge is 0.449 e. The number of hydrogen-bond donors (Lipinski definition) is 3. The summed E-state index contributed by atoms with van der Waals surface area (Å²) in [5.41, 5.74) is 9.47. The second-order valence-electron chi connectivity index (χ2n) is 9.32. The Labute approximate surface area is 229 Å². The van der Waals surface area contributed by atoms with Gasteiger partial charge in [0.2, 0.25) is 0 Å². The summed E-state index contributed by atoms with van der Waals surface area (Å²) < 4.78 is 5.53. The Morgan fingerprint density at radius 3 is 1.90 bits per heavy atom. The van der Waals surface area contributed by atoms with E-state index in [9.17, 15) is 24.0 Å². The van der Waals surface area contributed by atoms with E-state index in [1.807, 2.05) is 48.5 Å². The van der Waals surface area contributed by atoms with Gasteiger partial charge in [0.25, 0.3) is 11.8 Å². The minimum atomic E-state index is -1.28. The first kappa shape index (κ1) is 26.4. The van der Waals surface area contributed by atoms with Crippen LogP contribution < -0.4 is 16.4 Å². The van der Waals surface area contributed by atoms with Crippen LogP contribution in [0.15, 0.2) is 72.8 Å². The standard InChI is InChI=1S/C29H26N4O7/c30-28(37)31-15-7-14-24(27(36)40-33-25(34)21-12-5-6-13-22(21)26(33)35)32-29(38)39-16-23-19-10-3-1-8-17(19)18-9-2-4-11-20(18)23/h1-6,8-13,23-24H,7,14-16H2,(H,32,38)(H3,30,31,37)/t24-/m0/s1. The number of rotatable bonds is 9. The lowest BCUT2D eigenvalue weighted by atomic mass is 9.98. The van der Waals surface area contributed by atoms with E-state index in [4.69, 9.17) is 15.3 Å². The highest BCUT2D eigenvalue weighted by molar-refractivity contribution is 6.21. The number of primary amides is 1. The predicted octanol–water partition coefficient (Wildman–Crippen LogP) is 3.10. The van der Waals surface area contributed by atoms with Crippen molar-refractivity contribution in [1.29, 1.82) is 0 Å². The summed E-state index contributed by atoms with van der Waals surface area (Å²) >= 11 is 0. The molecule has 11 heteroatoms. The summed E-state index contributed by atoms with van der Waals surface area (Å²) in [5, 5.41) is 5.25. The molecule has 1 aliphatic heterocycles. The van der Waals surface area contributed by atoms with Gasteiger partial charge in [0.1, 0.15) is 12.6 Å². The van der Waals surface area contributed by atoms with E-state index < -0.39 is 35.9 Å². The van der Waals surface area contributed by atoms with Crippen molar-refractivity contribution in [3.8, 4) is 11.1 Å². The van der Waals surface area contributed by atoms with E-state index in [2.05, 4.69) is 10.6 Å². The molecule has 0 saturated carbocycles. The molecule has 0 aromatic heterocycles. The number of alkyl carbamates (subject to hydrolysis) is 1. The van der Waals surface area contributed by atoms with E-state index in [0.29, 0.717) is 5.06 Å². The Bertz CT molecular complexity index is 1420. The Morgan fingerprint density at radius 2 is 1.35 bits per heavy atom. The van der Waals surface area contributed by atoms with Gasteiger partial charge in [-0.1, -0.05) is 65.7 Å². The molecule has 5 rings (SSSR count). The average molecular weight is 543 g/mol. The van der Waals surface area contributed by atoms with Crippen molar-refractivity contribution < 1.29 is 33.5 Å². The highest BCUT2D eigenvalue weighted by Crippen LogP contribution is 2.44. The maximum absolute atomic E-state index is 13.0. The van der Waals surface area contributed by atoms with Crippen molar-refractivity contribution in [3.63, 3.8) is 0 Å². The first-order valence-corrected chi connectivity index (χ1v) is 12.7. The number of benzene rings is 3. The Kier molecular flexibility index (Phi) is 7.45. The third kappa shape index (κ3) is 5.21. The number of nitrogens with zero attached hydrogens (tertiary/aromatic N) is 1. The minimum Gasteiger partial charge on any atom is -0.449 e. The molecular formula is C29H26N4O7. The number of ether oxygens (including phenoxy) is 1. The normalized spacial score (nSPS) is 14.2.